The van der Waals surface area contributed by atoms with Crippen LogP contribution >= 0.6 is 0 Å². The Hall–Kier alpha value is -3.22. The van der Waals surface area contributed by atoms with Gasteiger partial charge in [-0.25, -0.2) is 0 Å². The Morgan fingerprint density at radius 3 is 1.77 bits per heavy atom. The van der Waals surface area contributed by atoms with Gasteiger partial charge in [0.15, 0.2) is 24.5 Å². The minimum absolute atomic E-state index is 0.414. The van der Waals surface area contributed by atoms with Gasteiger partial charge in [-0.05, 0) is 0 Å². The molecule has 2 N–H and O–H groups in total. The van der Waals surface area contributed by atoms with Crippen LogP contribution in [0.4, 0.5) is 0 Å². The van der Waals surface area contributed by atoms with Crippen molar-refractivity contribution in [3.8, 4) is 0 Å². The predicted octanol–water partition coefficient (Wildman–Crippen LogP) is -0.949. The van der Waals surface area contributed by atoms with E-state index in [0.29, 0.717) is 0 Å². The molecule has 13 heteroatoms. The third kappa shape index (κ3) is 8.99. The van der Waals surface area contributed by atoms with Crippen LogP contribution in [0.1, 0.15) is 40.5 Å². The van der Waals surface area contributed by atoms with Crippen LogP contribution in [-0.4, -0.2) is 78.1 Å². The van der Waals surface area contributed by atoms with Gasteiger partial charge in [0.05, 0.1) is 6.42 Å². The minimum Gasteiger partial charge on any atom is -0.481 e. The van der Waals surface area contributed by atoms with Gasteiger partial charge in [-0.2, -0.15) is 0 Å². The zero-order valence-corrected chi connectivity index (χ0v) is 17.4. The largest absolute Gasteiger partial charge is 0.481 e. The Bertz CT molecular complexity index is 720. The van der Waals surface area contributed by atoms with Crippen LogP contribution in [0.3, 0.4) is 0 Å². The molecule has 0 radical (unpaired) electrons. The molecule has 13 nitrogen and oxygen atoms in total. The van der Waals surface area contributed by atoms with Gasteiger partial charge >= 0.3 is 29.8 Å². The number of aliphatic carboxylic acids is 1. The van der Waals surface area contributed by atoms with Crippen molar-refractivity contribution >= 4 is 35.8 Å². The van der Waals surface area contributed by atoms with Gasteiger partial charge in [-0.3, -0.25) is 28.8 Å². The highest BCUT2D eigenvalue weighted by molar-refractivity contribution is 5.80. The molecule has 1 aliphatic rings. The Morgan fingerprint density at radius 2 is 1.29 bits per heavy atom. The Morgan fingerprint density at radius 1 is 0.774 bits per heavy atom. The summed E-state index contributed by atoms with van der Waals surface area (Å²) in [7, 11) is 0. The molecule has 0 aromatic heterocycles. The maximum Gasteiger partial charge on any atom is 0.303 e. The lowest BCUT2D eigenvalue weighted by molar-refractivity contribution is -0.257. The number of hydrogen-bond acceptors (Lipinski definition) is 11. The molecule has 31 heavy (non-hydrogen) atoms. The molecule has 0 bridgehead atoms. The van der Waals surface area contributed by atoms with Gasteiger partial charge in [0.2, 0.25) is 5.91 Å². The number of esters is 4. The van der Waals surface area contributed by atoms with Gasteiger partial charge < -0.3 is 34.1 Å². The average Bonchev–Trinajstić information content (AvgIpc) is 2.62. The van der Waals surface area contributed by atoms with Crippen molar-refractivity contribution in [3.05, 3.63) is 0 Å². The molecule has 0 saturated carbocycles. The normalized spacial score (nSPS) is 25.0. The molecular weight excluding hydrogens is 422 g/mol. The molecule has 0 unspecified atom stereocenters. The van der Waals surface area contributed by atoms with Crippen LogP contribution in [0.2, 0.25) is 0 Å². The standard InChI is InChI=1S/C18H25NO12/c1-8(20)27-7-12-15(28-9(2)21)16(29-10(3)22)17(30-11(4)23)18(31-12)19-13(24)5-6-14(25)26/h12,15-18H,5-7H2,1-4H3,(H,19,24)(H,25,26)/t12-,15+,16+,17-,18-/m1/s1. The SMILES string of the molecule is CC(=O)OC[C@H]1O[C@@H](NC(=O)CCC(=O)O)[C@H](OC(C)=O)[C@@H](OC(C)=O)[C@H]1OC(C)=O. The van der Waals surface area contributed by atoms with Crippen molar-refractivity contribution in [1.82, 2.24) is 5.32 Å². The van der Waals surface area contributed by atoms with Gasteiger partial charge in [0.1, 0.15) is 12.7 Å². The van der Waals surface area contributed by atoms with E-state index >= 15 is 0 Å². The quantitative estimate of drug-likeness (QED) is 0.327. The molecule has 1 heterocycles. The van der Waals surface area contributed by atoms with E-state index < -0.39 is 85.8 Å². The summed E-state index contributed by atoms with van der Waals surface area (Å²) in [6.45, 7) is 3.88. The van der Waals surface area contributed by atoms with Crippen molar-refractivity contribution in [2.24, 2.45) is 0 Å². The van der Waals surface area contributed by atoms with E-state index in [9.17, 15) is 28.8 Å². The van der Waals surface area contributed by atoms with E-state index in [1.807, 2.05) is 0 Å². The molecule has 174 valence electrons. The number of ether oxygens (including phenoxy) is 5. The first kappa shape index (κ1) is 25.8. The summed E-state index contributed by atoms with van der Waals surface area (Å²) >= 11 is 0. The van der Waals surface area contributed by atoms with Crippen molar-refractivity contribution < 1.29 is 57.6 Å². The molecular formula is C18H25NO12. The van der Waals surface area contributed by atoms with E-state index in [1.54, 1.807) is 0 Å². The van der Waals surface area contributed by atoms with Gasteiger partial charge in [0, 0.05) is 34.1 Å². The van der Waals surface area contributed by atoms with E-state index in [0.717, 1.165) is 27.7 Å². The van der Waals surface area contributed by atoms with Crippen molar-refractivity contribution in [2.45, 2.75) is 71.2 Å². The molecule has 0 spiro atoms. The van der Waals surface area contributed by atoms with Gasteiger partial charge in [0.25, 0.3) is 0 Å². The number of carboxylic acids is 1. The van der Waals surface area contributed by atoms with Crippen LogP contribution in [0.5, 0.6) is 0 Å². The first-order valence-electron chi connectivity index (χ1n) is 9.22. The van der Waals surface area contributed by atoms with Crippen molar-refractivity contribution in [2.75, 3.05) is 6.61 Å². The number of rotatable bonds is 9. The summed E-state index contributed by atoms with van der Waals surface area (Å²) in [4.78, 5) is 69.0. The van der Waals surface area contributed by atoms with Crippen molar-refractivity contribution in [1.29, 1.82) is 0 Å². The highest BCUT2D eigenvalue weighted by Gasteiger charge is 2.52. The van der Waals surface area contributed by atoms with Crippen LogP contribution in [-0.2, 0) is 52.5 Å². The highest BCUT2D eigenvalue weighted by Crippen LogP contribution is 2.28. The smallest absolute Gasteiger partial charge is 0.303 e. The van der Waals surface area contributed by atoms with Crippen LogP contribution in [0.25, 0.3) is 0 Å². The lowest BCUT2D eigenvalue weighted by atomic mass is 9.97. The van der Waals surface area contributed by atoms with E-state index in [-0.39, 0.29) is 0 Å². The van der Waals surface area contributed by atoms with Gasteiger partial charge in [-0.15, -0.1) is 0 Å². The van der Waals surface area contributed by atoms with E-state index in [1.165, 1.54) is 0 Å². The molecule has 0 aromatic carbocycles. The van der Waals surface area contributed by atoms with Crippen LogP contribution < -0.4 is 5.32 Å². The molecule has 1 aliphatic heterocycles. The van der Waals surface area contributed by atoms with Gasteiger partial charge in [-0.1, -0.05) is 0 Å². The number of nitrogens with one attached hydrogen (secondary N) is 1. The second-order valence-corrected chi connectivity index (χ2v) is 6.58. The van der Waals surface area contributed by atoms with Crippen LogP contribution in [0, 0.1) is 0 Å². The lowest BCUT2D eigenvalue weighted by Gasteiger charge is -2.44. The second-order valence-electron chi connectivity index (χ2n) is 6.58. The number of carboxylic acid groups (broad SMARTS) is 1. The lowest BCUT2D eigenvalue weighted by Crippen LogP contribution is -2.66. The highest BCUT2D eigenvalue weighted by atomic mass is 16.7. The molecule has 1 amide bonds. The topological polar surface area (TPSA) is 181 Å². The Kier molecular flexibility index (Phi) is 9.86. The van der Waals surface area contributed by atoms with E-state index in [4.69, 9.17) is 28.8 Å². The summed E-state index contributed by atoms with van der Waals surface area (Å²) in [6, 6.07) is 0. The molecule has 0 aliphatic carbocycles. The number of amides is 1. The molecule has 1 fully saturated rings. The Labute approximate surface area is 177 Å². The zero-order valence-electron chi connectivity index (χ0n) is 17.4. The van der Waals surface area contributed by atoms with Crippen LogP contribution in [0.15, 0.2) is 0 Å². The summed E-state index contributed by atoms with van der Waals surface area (Å²) in [5.41, 5.74) is 0. The predicted molar refractivity (Wildman–Crippen MR) is 97.0 cm³/mol. The van der Waals surface area contributed by atoms with E-state index in [2.05, 4.69) is 5.32 Å². The first-order chi connectivity index (χ1) is 14.4. The third-order valence-electron chi connectivity index (χ3n) is 3.86. The fraction of sp³-hybridized carbons (Fsp3) is 0.667. The average molecular weight is 447 g/mol. The fourth-order valence-electron chi connectivity index (χ4n) is 2.80. The second kappa shape index (κ2) is 11.8. The first-order valence-corrected chi connectivity index (χ1v) is 9.22. The fourth-order valence-corrected chi connectivity index (χ4v) is 2.80. The number of carbonyl (C=O) groups excluding carboxylic acids is 5. The summed E-state index contributed by atoms with van der Waals surface area (Å²) in [6.07, 6.45) is -7.76. The zero-order chi connectivity index (χ0) is 23.7. The number of hydrogen-bond donors (Lipinski definition) is 2. The minimum atomic E-state index is -1.45. The molecule has 1 rings (SSSR count). The summed E-state index contributed by atoms with van der Waals surface area (Å²) in [5, 5.41) is 11.1. The maximum atomic E-state index is 12.1. The number of carbonyl (C=O) groups is 6. The monoisotopic (exact) mass is 447 g/mol. The summed E-state index contributed by atoms with van der Waals surface area (Å²) in [5.74, 6) is -5.08. The molecule has 0 aromatic rings. The summed E-state index contributed by atoms with van der Waals surface area (Å²) < 4.78 is 26.1. The third-order valence-corrected chi connectivity index (χ3v) is 3.86. The molecule has 1 saturated heterocycles. The molecule has 5 atom stereocenters. The maximum absolute atomic E-state index is 12.1. The Balaban J connectivity index is 3.27. The van der Waals surface area contributed by atoms with Crippen molar-refractivity contribution in [3.63, 3.8) is 0 Å².